The van der Waals surface area contributed by atoms with Crippen molar-refractivity contribution in [2.75, 3.05) is 6.54 Å². The summed E-state index contributed by atoms with van der Waals surface area (Å²) in [6, 6.07) is 7.26. The van der Waals surface area contributed by atoms with Crippen LogP contribution in [0.5, 0.6) is 0 Å². The molecule has 0 radical (unpaired) electrons. The lowest BCUT2D eigenvalue weighted by Gasteiger charge is -2.35. The summed E-state index contributed by atoms with van der Waals surface area (Å²) in [6.07, 6.45) is 6.48. The van der Waals surface area contributed by atoms with Gasteiger partial charge < -0.3 is 10.0 Å². The van der Waals surface area contributed by atoms with Crippen LogP contribution in [0, 0.1) is 0 Å². The predicted molar refractivity (Wildman–Crippen MR) is 86.9 cm³/mol. The molecule has 7 heteroatoms. The van der Waals surface area contributed by atoms with Crippen LogP contribution in [0.15, 0.2) is 36.9 Å². The maximum Gasteiger partial charge on any atom is 0.303 e. The minimum absolute atomic E-state index is 0.00243. The van der Waals surface area contributed by atoms with E-state index in [9.17, 15) is 9.59 Å². The van der Waals surface area contributed by atoms with E-state index >= 15 is 0 Å². The standard InChI is InChI=1S/C17H20N4O3/c22-16(23)8-7-14-5-1-2-9-20(14)17(24)13-4-3-6-15(10-13)21-12-18-11-19-21/h3-4,6,10-12,14H,1-2,5,7-9H2,(H,22,23). The number of hydrogen-bond acceptors (Lipinski definition) is 4. The SMILES string of the molecule is O=C(O)CCC1CCCCN1C(=O)c1cccc(-n2cncn2)c1. The number of rotatable bonds is 5. The molecule has 1 unspecified atom stereocenters. The van der Waals surface area contributed by atoms with Gasteiger partial charge in [-0.2, -0.15) is 5.10 Å². The van der Waals surface area contributed by atoms with Gasteiger partial charge in [-0.05, 0) is 43.9 Å². The van der Waals surface area contributed by atoms with Gasteiger partial charge in [-0.1, -0.05) is 6.07 Å². The van der Waals surface area contributed by atoms with Gasteiger partial charge in [0.1, 0.15) is 12.7 Å². The minimum atomic E-state index is -0.818. The van der Waals surface area contributed by atoms with Crippen molar-refractivity contribution >= 4 is 11.9 Å². The van der Waals surface area contributed by atoms with Crippen LogP contribution >= 0.6 is 0 Å². The molecule has 0 aliphatic carbocycles. The number of nitrogens with zero attached hydrogens (tertiary/aromatic N) is 4. The molecule has 0 spiro atoms. The van der Waals surface area contributed by atoms with Gasteiger partial charge in [0.05, 0.1) is 5.69 Å². The molecule has 1 fully saturated rings. The number of benzene rings is 1. The summed E-state index contributed by atoms with van der Waals surface area (Å²) in [7, 11) is 0. The lowest BCUT2D eigenvalue weighted by molar-refractivity contribution is -0.137. The molecule has 7 nitrogen and oxygen atoms in total. The predicted octanol–water partition coefficient (Wildman–Crippen LogP) is 2.13. The van der Waals surface area contributed by atoms with Gasteiger partial charge in [-0.3, -0.25) is 9.59 Å². The number of piperidine rings is 1. The van der Waals surface area contributed by atoms with Crippen molar-refractivity contribution in [2.24, 2.45) is 0 Å². The first kappa shape index (κ1) is 16.2. The fraction of sp³-hybridized carbons (Fsp3) is 0.412. The van der Waals surface area contributed by atoms with Gasteiger partial charge in [0, 0.05) is 24.6 Å². The summed E-state index contributed by atoms with van der Waals surface area (Å²) < 4.78 is 1.61. The second-order valence-corrected chi connectivity index (χ2v) is 5.97. The fourth-order valence-electron chi connectivity index (χ4n) is 3.15. The van der Waals surface area contributed by atoms with Gasteiger partial charge in [0.15, 0.2) is 0 Å². The van der Waals surface area contributed by atoms with E-state index in [1.807, 2.05) is 17.0 Å². The van der Waals surface area contributed by atoms with Crippen molar-refractivity contribution in [3.05, 3.63) is 42.5 Å². The van der Waals surface area contributed by atoms with Crippen LogP contribution in [-0.2, 0) is 4.79 Å². The van der Waals surface area contributed by atoms with Crippen molar-refractivity contribution in [3.63, 3.8) is 0 Å². The zero-order valence-electron chi connectivity index (χ0n) is 13.3. The third-order valence-corrected chi connectivity index (χ3v) is 4.36. The van der Waals surface area contributed by atoms with E-state index in [4.69, 9.17) is 5.11 Å². The molecule has 126 valence electrons. The van der Waals surface area contributed by atoms with Gasteiger partial charge >= 0.3 is 5.97 Å². The Bertz CT molecular complexity index is 714. The van der Waals surface area contributed by atoms with E-state index < -0.39 is 5.97 Å². The molecular weight excluding hydrogens is 308 g/mol. The number of carboxylic acids is 1. The lowest BCUT2D eigenvalue weighted by Crippen LogP contribution is -2.44. The number of amides is 1. The number of aromatic nitrogens is 3. The molecule has 1 aromatic heterocycles. The molecular formula is C17H20N4O3. The Morgan fingerprint density at radius 1 is 1.29 bits per heavy atom. The summed E-state index contributed by atoms with van der Waals surface area (Å²) in [5.41, 5.74) is 1.36. The molecule has 1 atom stereocenters. The topological polar surface area (TPSA) is 88.3 Å². The average molecular weight is 328 g/mol. The first-order valence-electron chi connectivity index (χ1n) is 8.13. The highest BCUT2D eigenvalue weighted by Gasteiger charge is 2.27. The number of carbonyl (C=O) groups is 2. The Labute approximate surface area is 139 Å². The van der Waals surface area contributed by atoms with Gasteiger partial charge in [0.2, 0.25) is 0 Å². The van der Waals surface area contributed by atoms with Crippen molar-refractivity contribution in [2.45, 2.75) is 38.1 Å². The highest BCUT2D eigenvalue weighted by Crippen LogP contribution is 2.23. The van der Waals surface area contributed by atoms with Crippen molar-refractivity contribution in [3.8, 4) is 5.69 Å². The van der Waals surface area contributed by atoms with Gasteiger partial charge in [0.25, 0.3) is 5.91 Å². The molecule has 2 heterocycles. The Morgan fingerprint density at radius 2 is 2.17 bits per heavy atom. The summed E-state index contributed by atoms with van der Waals surface area (Å²) in [6.45, 7) is 0.677. The lowest BCUT2D eigenvalue weighted by atomic mass is 9.97. The van der Waals surface area contributed by atoms with Gasteiger partial charge in [-0.15, -0.1) is 0 Å². The third kappa shape index (κ3) is 3.61. The van der Waals surface area contributed by atoms with E-state index in [0.717, 1.165) is 24.9 Å². The van der Waals surface area contributed by atoms with Crippen molar-refractivity contribution in [1.82, 2.24) is 19.7 Å². The van der Waals surface area contributed by atoms with Crippen LogP contribution < -0.4 is 0 Å². The molecule has 1 aliphatic rings. The van der Waals surface area contributed by atoms with Crippen LogP contribution in [0.4, 0.5) is 0 Å². The molecule has 1 amide bonds. The average Bonchev–Trinajstić information content (AvgIpc) is 3.14. The monoisotopic (exact) mass is 328 g/mol. The van der Waals surface area contributed by atoms with Crippen LogP contribution in [0.2, 0.25) is 0 Å². The van der Waals surface area contributed by atoms with Crippen LogP contribution in [0.1, 0.15) is 42.5 Å². The Balaban J connectivity index is 1.79. The van der Waals surface area contributed by atoms with Crippen molar-refractivity contribution < 1.29 is 14.7 Å². The summed E-state index contributed by atoms with van der Waals surface area (Å²) in [5, 5.41) is 13.0. The van der Waals surface area contributed by atoms with E-state index in [2.05, 4.69) is 10.1 Å². The van der Waals surface area contributed by atoms with E-state index in [0.29, 0.717) is 18.5 Å². The second-order valence-electron chi connectivity index (χ2n) is 5.97. The number of carbonyl (C=O) groups excluding carboxylic acids is 1. The number of likely N-dealkylation sites (tertiary alicyclic amines) is 1. The molecule has 1 aromatic carbocycles. The van der Waals surface area contributed by atoms with Crippen LogP contribution in [-0.4, -0.2) is 49.2 Å². The van der Waals surface area contributed by atoms with Gasteiger partial charge in [-0.25, -0.2) is 9.67 Å². The minimum Gasteiger partial charge on any atom is -0.481 e. The van der Waals surface area contributed by atoms with E-state index in [-0.39, 0.29) is 18.4 Å². The first-order chi connectivity index (χ1) is 11.6. The zero-order valence-corrected chi connectivity index (χ0v) is 13.3. The largest absolute Gasteiger partial charge is 0.481 e. The Morgan fingerprint density at radius 3 is 2.92 bits per heavy atom. The maximum atomic E-state index is 12.9. The molecule has 1 N–H and O–H groups in total. The first-order valence-corrected chi connectivity index (χ1v) is 8.13. The second kappa shape index (κ2) is 7.25. The summed E-state index contributed by atoms with van der Waals surface area (Å²) >= 11 is 0. The fourth-order valence-corrected chi connectivity index (χ4v) is 3.15. The number of hydrogen-bond donors (Lipinski definition) is 1. The quantitative estimate of drug-likeness (QED) is 0.908. The molecule has 0 bridgehead atoms. The normalized spacial score (nSPS) is 17.7. The van der Waals surface area contributed by atoms with Crippen LogP contribution in [0.3, 0.4) is 0 Å². The van der Waals surface area contributed by atoms with Crippen LogP contribution in [0.25, 0.3) is 5.69 Å². The Kier molecular flexibility index (Phi) is 4.88. The van der Waals surface area contributed by atoms with Crippen molar-refractivity contribution in [1.29, 1.82) is 0 Å². The van der Waals surface area contributed by atoms with E-state index in [1.54, 1.807) is 23.1 Å². The molecule has 1 saturated heterocycles. The number of carboxylic acid groups (broad SMARTS) is 1. The maximum absolute atomic E-state index is 12.9. The molecule has 3 rings (SSSR count). The smallest absolute Gasteiger partial charge is 0.303 e. The molecule has 0 saturated carbocycles. The highest BCUT2D eigenvalue weighted by atomic mass is 16.4. The highest BCUT2D eigenvalue weighted by molar-refractivity contribution is 5.95. The Hall–Kier alpha value is -2.70. The summed E-state index contributed by atoms with van der Waals surface area (Å²) in [4.78, 5) is 29.5. The molecule has 24 heavy (non-hydrogen) atoms. The third-order valence-electron chi connectivity index (χ3n) is 4.36. The molecule has 1 aliphatic heterocycles. The summed E-state index contributed by atoms with van der Waals surface area (Å²) in [5.74, 6) is -0.867. The van der Waals surface area contributed by atoms with E-state index in [1.165, 1.54) is 6.33 Å². The molecule has 2 aromatic rings. The zero-order chi connectivity index (χ0) is 16.9. The number of aliphatic carboxylic acids is 1.